The van der Waals surface area contributed by atoms with Crippen LogP contribution in [0.3, 0.4) is 0 Å². The molecule has 1 aliphatic rings. The number of nitrogens with one attached hydrogen (secondary N) is 1. The highest BCUT2D eigenvalue weighted by Crippen LogP contribution is 2.32. The van der Waals surface area contributed by atoms with Crippen molar-refractivity contribution in [2.45, 2.75) is 13.1 Å². The molecule has 0 saturated heterocycles. The lowest BCUT2D eigenvalue weighted by molar-refractivity contribution is -0.907. The first-order valence-electron chi connectivity index (χ1n) is 7.12. The number of hydrogen-bond donors (Lipinski definition) is 1. The Bertz CT molecular complexity index is 682. The van der Waals surface area contributed by atoms with Gasteiger partial charge in [-0.1, -0.05) is 24.3 Å². The maximum atomic E-state index is 10.7. The molecular formula is C17H17NO4. The summed E-state index contributed by atoms with van der Waals surface area (Å²) in [7, 11) is 2.09. The van der Waals surface area contributed by atoms with Gasteiger partial charge in [-0.05, 0) is 23.8 Å². The molecule has 0 radical (unpaired) electrons. The second kappa shape index (κ2) is 6.07. The Morgan fingerprint density at radius 2 is 1.68 bits per heavy atom. The molecule has 1 N–H and O–H groups in total. The van der Waals surface area contributed by atoms with Gasteiger partial charge < -0.3 is 24.3 Å². The summed E-state index contributed by atoms with van der Waals surface area (Å²) in [6.45, 7) is 1.94. The molecule has 5 heteroatoms. The molecule has 5 nitrogen and oxygen atoms in total. The molecule has 0 bridgehead atoms. The van der Waals surface area contributed by atoms with Crippen molar-refractivity contribution < 1.29 is 24.3 Å². The highest BCUT2D eigenvalue weighted by Gasteiger charge is 2.14. The van der Waals surface area contributed by atoms with Crippen LogP contribution in [0.1, 0.15) is 21.5 Å². The SMILES string of the molecule is C[NH+](Cc1ccc(C(=O)[O-])cc1)Cc1ccc2c(c1)OCO2. The van der Waals surface area contributed by atoms with Gasteiger partial charge in [-0.3, -0.25) is 0 Å². The third-order valence-corrected chi connectivity index (χ3v) is 3.64. The summed E-state index contributed by atoms with van der Waals surface area (Å²) < 4.78 is 10.7. The number of hydrogen-bond acceptors (Lipinski definition) is 4. The standard InChI is InChI=1S/C17H17NO4/c1-18(9-12-2-5-14(6-3-12)17(19)20)10-13-4-7-15-16(8-13)22-11-21-15/h2-8H,9-11H2,1H3,(H,19,20). The summed E-state index contributed by atoms with van der Waals surface area (Å²) in [5.41, 5.74) is 2.47. The number of carboxylic acid groups (broad SMARTS) is 1. The van der Waals surface area contributed by atoms with Crippen LogP contribution in [0.5, 0.6) is 11.5 Å². The minimum absolute atomic E-state index is 0.206. The van der Waals surface area contributed by atoms with Crippen LogP contribution in [-0.4, -0.2) is 19.8 Å². The first kappa shape index (κ1) is 14.4. The molecule has 0 amide bonds. The van der Waals surface area contributed by atoms with Crippen molar-refractivity contribution in [2.24, 2.45) is 0 Å². The van der Waals surface area contributed by atoms with Crippen molar-refractivity contribution in [3.8, 4) is 11.5 Å². The minimum atomic E-state index is -1.15. The van der Waals surface area contributed by atoms with Gasteiger partial charge in [0.15, 0.2) is 11.5 Å². The second-order valence-electron chi connectivity index (χ2n) is 5.48. The molecule has 0 saturated carbocycles. The summed E-state index contributed by atoms with van der Waals surface area (Å²) in [5.74, 6) is 0.440. The van der Waals surface area contributed by atoms with E-state index in [2.05, 4.69) is 7.05 Å². The molecule has 0 fully saturated rings. The van der Waals surface area contributed by atoms with E-state index in [-0.39, 0.29) is 12.4 Å². The predicted molar refractivity (Wildman–Crippen MR) is 77.6 cm³/mol. The van der Waals surface area contributed by atoms with Crippen LogP contribution >= 0.6 is 0 Å². The van der Waals surface area contributed by atoms with Crippen molar-refractivity contribution >= 4 is 5.97 Å². The van der Waals surface area contributed by atoms with Gasteiger partial charge in [0.25, 0.3) is 0 Å². The molecule has 0 spiro atoms. The Morgan fingerprint density at radius 3 is 2.41 bits per heavy atom. The summed E-state index contributed by atoms with van der Waals surface area (Å²) in [6.07, 6.45) is 0. The van der Waals surface area contributed by atoms with E-state index in [0.717, 1.165) is 30.2 Å². The highest BCUT2D eigenvalue weighted by molar-refractivity contribution is 5.85. The fourth-order valence-electron chi connectivity index (χ4n) is 2.57. The molecule has 0 aliphatic carbocycles. The van der Waals surface area contributed by atoms with E-state index in [0.29, 0.717) is 0 Å². The summed E-state index contributed by atoms with van der Waals surface area (Å²) in [4.78, 5) is 12.0. The number of ether oxygens (including phenoxy) is 2. The zero-order valence-electron chi connectivity index (χ0n) is 12.3. The highest BCUT2D eigenvalue weighted by atomic mass is 16.7. The Labute approximate surface area is 128 Å². The number of aromatic carboxylic acids is 1. The molecule has 1 atom stereocenters. The van der Waals surface area contributed by atoms with Crippen molar-refractivity contribution in [1.82, 2.24) is 0 Å². The van der Waals surface area contributed by atoms with E-state index in [9.17, 15) is 9.90 Å². The average Bonchev–Trinajstić information content (AvgIpc) is 2.95. The summed E-state index contributed by atoms with van der Waals surface area (Å²) in [6, 6.07) is 12.8. The molecule has 1 heterocycles. The van der Waals surface area contributed by atoms with Gasteiger partial charge in [-0.25, -0.2) is 0 Å². The first-order chi connectivity index (χ1) is 10.6. The third kappa shape index (κ3) is 3.20. The Kier molecular flexibility index (Phi) is 3.98. The zero-order valence-corrected chi connectivity index (χ0v) is 12.3. The Balaban J connectivity index is 1.62. The molecule has 2 aromatic rings. The van der Waals surface area contributed by atoms with E-state index >= 15 is 0 Å². The lowest BCUT2D eigenvalue weighted by atomic mass is 10.1. The number of carboxylic acids is 1. The monoisotopic (exact) mass is 299 g/mol. The smallest absolute Gasteiger partial charge is 0.231 e. The fourth-order valence-corrected chi connectivity index (χ4v) is 2.57. The van der Waals surface area contributed by atoms with E-state index in [1.54, 1.807) is 12.1 Å². The summed E-state index contributed by atoms with van der Waals surface area (Å²) >= 11 is 0. The molecule has 114 valence electrons. The maximum absolute atomic E-state index is 10.7. The van der Waals surface area contributed by atoms with Crippen LogP contribution < -0.4 is 19.5 Å². The van der Waals surface area contributed by atoms with Crippen LogP contribution in [0, 0.1) is 0 Å². The fraction of sp³-hybridized carbons (Fsp3) is 0.235. The van der Waals surface area contributed by atoms with Gasteiger partial charge in [0.05, 0.1) is 13.0 Å². The molecule has 0 aromatic heterocycles. The zero-order chi connectivity index (χ0) is 15.5. The molecule has 3 rings (SSSR count). The van der Waals surface area contributed by atoms with E-state index in [1.165, 1.54) is 10.5 Å². The number of carbonyl (C=O) groups excluding carboxylic acids is 1. The van der Waals surface area contributed by atoms with Crippen LogP contribution in [-0.2, 0) is 13.1 Å². The second-order valence-corrected chi connectivity index (χ2v) is 5.48. The van der Waals surface area contributed by atoms with Crippen molar-refractivity contribution in [2.75, 3.05) is 13.8 Å². The van der Waals surface area contributed by atoms with E-state index in [4.69, 9.17) is 9.47 Å². The number of fused-ring (bicyclic) bond motifs is 1. The Morgan fingerprint density at radius 1 is 1.05 bits per heavy atom. The van der Waals surface area contributed by atoms with Crippen molar-refractivity contribution in [3.05, 3.63) is 59.2 Å². The molecule has 1 unspecified atom stereocenters. The topological polar surface area (TPSA) is 63.0 Å². The predicted octanol–water partition coefficient (Wildman–Crippen LogP) is -0.00630. The molecule has 2 aromatic carbocycles. The van der Waals surface area contributed by atoms with Crippen LogP contribution in [0.25, 0.3) is 0 Å². The summed E-state index contributed by atoms with van der Waals surface area (Å²) in [5, 5.41) is 10.7. The van der Waals surface area contributed by atoms with Gasteiger partial charge in [-0.15, -0.1) is 0 Å². The molecule has 1 aliphatic heterocycles. The van der Waals surface area contributed by atoms with Crippen LogP contribution in [0.15, 0.2) is 42.5 Å². The van der Waals surface area contributed by atoms with Gasteiger partial charge >= 0.3 is 0 Å². The van der Waals surface area contributed by atoms with Crippen molar-refractivity contribution in [1.29, 1.82) is 0 Å². The molecule has 22 heavy (non-hydrogen) atoms. The molecular weight excluding hydrogens is 282 g/mol. The van der Waals surface area contributed by atoms with Crippen LogP contribution in [0.2, 0.25) is 0 Å². The van der Waals surface area contributed by atoms with Gasteiger partial charge in [0, 0.05) is 11.1 Å². The quantitative estimate of drug-likeness (QED) is 0.844. The Hall–Kier alpha value is -2.53. The average molecular weight is 299 g/mol. The normalized spacial score (nSPS) is 13.9. The first-order valence-corrected chi connectivity index (χ1v) is 7.12. The lowest BCUT2D eigenvalue weighted by Crippen LogP contribution is -3.06. The van der Waals surface area contributed by atoms with Gasteiger partial charge in [0.1, 0.15) is 13.1 Å². The largest absolute Gasteiger partial charge is 0.545 e. The number of rotatable bonds is 5. The van der Waals surface area contributed by atoms with Gasteiger partial charge in [0.2, 0.25) is 6.79 Å². The van der Waals surface area contributed by atoms with E-state index < -0.39 is 5.97 Å². The number of carbonyl (C=O) groups is 1. The van der Waals surface area contributed by atoms with E-state index in [1.807, 2.05) is 30.3 Å². The number of benzene rings is 2. The van der Waals surface area contributed by atoms with Crippen molar-refractivity contribution in [3.63, 3.8) is 0 Å². The van der Waals surface area contributed by atoms with Gasteiger partial charge in [-0.2, -0.15) is 0 Å². The third-order valence-electron chi connectivity index (χ3n) is 3.64. The minimum Gasteiger partial charge on any atom is -0.545 e. The van der Waals surface area contributed by atoms with Crippen LogP contribution in [0.4, 0.5) is 0 Å². The number of quaternary nitrogens is 1. The lowest BCUT2D eigenvalue weighted by Gasteiger charge is -2.15. The maximum Gasteiger partial charge on any atom is 0.231 e.